The molecule has 4 rings (SSSR count). The van der Waals surface area contributed by atoms with Crippen molar-refractivity contribution in [3.05, 3.63) is 42.1 Å². The first-order valence-electron chi connectivity index (χ1n) is 7.41. The molecular weight excluding hydrogens is 232 g/mol. The summed E-state index contributed by atoms with van der Waals surface area (Å²) in [5, 5.41) is 1.21. The third kappa shape index (κ3) is 1.86. The summed E-state index contributed by atoms with van der Waals surface area (Å²) in [4.78, 5) is 4.56. The van der Waals surface area contributed by atoms with E-state index < -0.39 is 0 Å². The smallest absolute Gasteiger partial charge is 0.0702 e. The van der Waals surface area contributed by atoms with Gasteiger partial charge in [-0.05, 0) is 54.7 Å². The summed E-state index contributed by atoms with van der Waals surface area (Å²) in [5.41, 5.74) is 8.82. The first kappa shape index (κ1) is 11.4. The maximum atomic E-state index is 6.54. The monoisotopic (exact) mass is 252 g/mol. The van der Waals surface area contributed by atoms with Crippen LogP contribution >= 0.6 is 0 Å². The average Bonchev–Trinajstić information content (AvgIpc) is 3.08. The van der Waals surface area contributed by atoms with E-state index in [1.54, 1.807) is 0 Å². The number of para-hydroxylation sites is 1. The van der Waals surface area contributed by atoms with Crippen molar-refractivity contribution in [3.8, 4) is 0 Å². The molecule has 98 valence electrons. The highest BCUT2D eigenvalue weighted by Crippen LogP contribution is 2.51. The van der Waals surface area contributed by atoms with Crippen molar-refractivity contribution in [1.29, 1.82) is 0 Å². The molecule has 2 saturated carbocycles. The van der Waals surface area contributed by atoms with Crippen molar-refractivity contribution in [2.24, 2.45) is 23.5 Å². The van der Waals surface area contributed by atoms with E-state index in [1.807, 2.05) is 12.3 Å². The third-order valence-electron chi connectivity index (χ3n) is 5.25. The number of hydrogen-bond donors (Lipinski definition) is 1. The quantitative estimate of drug-likeness (QED) is 0.885. The molecule has 19 heavy (non-hydrogen) atoms. The highest BCUT2D eigenvalue weighted by Gasteiger charge is 2.42. The second kappa shape index (κ2) is 4.31. The molecule has 2 aliphatic carbocycles. The van der Waals surface area contributed by atoms with E-state index in [0.29, 0.717) is 5.92 Å². The lowest BCUT2D eigenvalue weighted by Gasteiger charge is -2.28. The van der Waals surface area contributed by atoms with Gasteiger partial charge < -0.3 is 5.73 Å². The number of aromatic nitrogens is 1. The molecule has 2 fully saturated rings. The molecule has 2 aliphatic rings. The van der Waals surface area contributed by atoms with E-state index in [4.69, 9.17) is 5.73 Å². The molecule has 2 bridgehead atoms. The molecule has 2 aromatic rings. The van der Waals surface area contributed by atoms with Crippen LogP contribution in [0, 0.1) is 17.8 Å². The molecule has 2 N–H and O–H groups in total. The van der Waals surface area contributed by atoms with Crippen molar-refractivity contribution in [2.75, 3.05) is 0 Å². The van der Waals surface area contributed by atoms with Crippen molar-refractivity contribution < 1.29 is 0 Å². The van der Waals surface area contributed by atoms with Crippen molar-refractivity contribution in [1.82, 2.24) is 4.98 Å². The summed E-state index contributed by atoms with van der Waals surface area (Å²) < 4.78 is 0. The van der Waals surface area contributed by atoms with E-state index >= 15 is 0 Å². The maximum absolute atomic E-state index is 6.54. The Morgan fingerprint density at radius 3 is 2.84 bits per heavy atom. The second-order valence-corrected chi connectivity index (χ2v) is 6.33. The molecule has 0 radical (unpaired) electrons. The lowest BCUT2D eigenvalue weighted by Crippen LogP contribution is -2.26. The van der Waals surface area contributed by atoms with Crippen LogP contribution < -0.4 is 5.73 Å². The van der Waals surface area contributed by atoms with E-state index in [-0.39, 0.29) is 6.04 Å². The van der Waals surface area contributed by atoms with Crippen molar-refractivity contribution >= 4 is 10.9 Å². The molecule has 2 nitrogen and oxygen atoms in total. The van der Waals surface area contributed by atoms with Crippen LogP contribution in [-0.4, -0.2) is 4.98 Å². The third-order valence-corrected chi connectivity index (χ3v) is 5.25. The fourth-order valence-electron chi connectivity index (χ4n) is 4.25. The van der Waals surface area contributed by atoms with Crippen LogP contribution in [-0.2, 0) is 0 Å². The van der Waals surface area contributed by atoms with Gasteiger partial charge in [-0.15, -0.1) is 0 Å². The van der Waals surface area contributed by atoms with Crippen LogP contribution in [0.15, 0.2) is 36.5 Å². The molecule has 1 aromatic carbocycles. The minimum absolute atomic E-state index is 0.174. The van der Waals surface area contributed by atoms with Crippen LogP contribution in [0.25, 0.3) is 10.9 Å². The van der Waals surface area contributed by atoms with Gasteiger partial charge in [0.05, 0.1) is 5.52 Å². The van der Waals surface area contributed by atoms with E-state index in [0.717, 1.165) is 17.4 Å². The normalized spacial score (nSPS) is 30.9. The number of rotatable bonds is 2. The minimum Gasteiger partial charge on any atom is -0.324 e. The van der Waals surface area contributed by atoms with Gasteiger partial charge in [0.15, 0.2) is 0 Å². The predicted molar refractivity (Wildman–Crippen MR) is 77.6 cm³/mol. The first-order chi connectivity index (χ1) is 9.31. The van der Waals surface area contributed by atoms with Crippen LogP contribution in [0.3, 0.4) is 0 Å². The Labute approximate surface area is 114 Å². The molecule has 0 aliphatic heterocycles. The first-order valence-corrected chi connectivity index (χ1v) is 7.41. The number of pyridine rings is 1. The van der Waals surface area contributed by atoms with Crippen molar-refractivity contribution in [3.63, 3.8) is 0 Å². The Bertz CT molecular complexity index is 607. The zero-order valence-electron chi connectivity index (χ0n) is 11.1. The Kier molecular flexibility index (Phi) is 2.59. The number of benzene rings is 1. The van der Waals surface area contributed by atoms with E-state index in [1.165, 1.54) is 36.6 Å². The predicted octanol–water partition coefficient (Wildman–Crippen LogP) is 3.67. The molecular formula is C17H20N2. The standard InChI is InChI=1S/C17H20N2/c18-17(15-8-11-5-6-12(15)7-11)14-9-13-3-1-2-4-16(13)19-10-14/h1-4,9-12,15,17H,5-8,18H2. The van der Waals surface area contributed by atoms with Gasteiger partial charge in [0.2, 0.25) is 0 Å². The lowest BCUT2D eigenvalue weighted by atomic mass is 9.81. The highest BCUT2D eigenvalue weighted by atomic mass is 14.7. The fraction of sp³-hybridized carbons (Fsp3) is 0.471. The van der Waals surface area contributed by atoms with Gasteiger partial charge >= 0.3 is 0 Å². The Morgan fingerprint density at radius 1 is 1.16 bits per heavy atom. The second-order valence-electron chi connectivity index (χ2n) is 6.33. The largest absolute Gasteiger partial charge is 0.324 e. The molecule has 1 aromatic heterocycles. The van der Waals surface area contributed by atoms with Gasteiger partial charge in [-0.3, -0.25) is 4.98 Å². The molecule has 0 amide bonds. The van der Waals surface area contributed by atoms with Gasteiger partial charge in [-0.2, -0.15) is 0 Å². The summed E-state index contributed by atoms with van der Waals surface area (Å²) in [6.07, 6.45) is 7.56. The highest BCUT2D eigenvalue weighted by molar-refractivity contribution is 5.78. The zero-order valence-corrected chi connectivity index (χ0v) is 11.1. The van der Waals surface area contributed by atoms with Gasteiger partial charge in [0.1, 0.15) is 0 Å². The van der Waals surface area contributed by atoms with Gasteiger partial charge in [0.25, 0.3) is 0 Å². The summed E-state index contributed by atoms with van der Waals surface area (Å²) in [6.45, 7) is 0. The number of hydrogen-bond acceptors (Lipinski definition) is 2. The SMILES string of the molecule is NC(c1cnc2ccccc2c1)C1CC2CCC1C2. The Morgan fingerprint density at radius 2 is 2.05 bits per heavy atom. The van der Waals surface area contributed by atoms with E-state index in [9.17, 15) is 0 Å². The molecule has 1 heterocycles. The summed E-state index contributed by atoms with van der Waals surface area (Å²) >= 11 is 0. The molecule has 4 unspecified atom stereocenters. The van der Waals surface area contributed by atoms with Crippen LogP contribution in [0.5, 0.6) is 0 Å². The van der Waals surface area contributed by atoms with E-state index in [2.05, 4.69) is 29.2 Å². The van der Waals surface area contributed by atoms with Gasteiger partial charge in [-0.1, -0.05) is 24.6 Å². The zero-order chi connectivity index (χ0) is 12.8. The van der Waals surface area contributed by atoms with Crippen LogP contribution in [0.1, 0.15) is 37.3 Å². The minimum atomic E-state index is 0.174. The van der Waals surface area contributed by atoms with Gasteiger partial charge in [-0.25, -0.2) is 0 Å². The Balaban J connectivity index is 1.66. The lowest BCUT2D eigenvalue weighted by molar-refractivity contribution is 0.284. The number of nitrogens with two attached hydrogens (primary N) is 1. The fourth-order valence-corrected chi connectivity index (χ4v) is 4.25. The summed E-state index contributed by atoms with van der Waals surface area (Å²) in [6, 6.07) is 10.7. The van der Waals surface area contributed by atoms with Gasteiger partial charge in [0, 0.05) is 17.6 Å². The summed E-state index contributed by atoms with van der Waals surface area (Å²) in [5.74, 6) is 2.50. The van der Waals surface area contributed by atoms with Crippen LogP contribution in [0.2, 0.25) is 0 Å². The molecule has 0 spiro atoms. The maximum Gasteiger partial charge on any atom is 0.0702 e. The Hall–Kier alpha value is -1.41. The molecule has 2 heteroatoms. The number of nitrogens with zero attached hydrogens (tertiary/aromatic N) is 1. The average molecular weight is 252 g/mol. The summed E-state index contributed by atoms with van der Waals surface area (Å²) in [7, 11) is 0. The number of fused-ring (bicyclic) bond motifs is 3. The van der Waals surface area contributed by atoms with Crippen molar-refractivity contribution in [2.45, 2.75) is 31.7 Å². The molecule has 4 atom stereocenters. The van der Waals surface area contributed by atoms with Crippen LogP contribution in [0.4, 0.5) is 0 Å². The molecule has 0 saturated heterocycles. The topological polar surface area (TPSA) is 38.9 Å².